The zero-order valence-corrected chi connectivity index (χ0v) is 10.0. The maximum atomic E-state index is 12.2. The van der Waals surface area contributed by atoms with Crippen LogP contribution in [-0.4, -0.2) is 45.0 Å². The predicted molar refractivity (Wildman–Crippen MR) is 64.9 cm³/mol. The summed E-state index contributed by atoms with van der Waals surface area (Å²) in [5.41, 5.74) is -1.28. The van der Waals surface area contributed by atoms with Gasteiger partial charge in [0.2, 0.25) is 0 Å². The lowest BCUT2D eigenvalue weighted by Crippen LogP contribution is -2.38. The molecule has 1 aromatic rings. The van der Waals surface area contributed by atoms with Gasteiger partial charge in [-0.2, -0.15) is 0 Å². The summed E-state index contributed by atoms with van der Waals surface area (Å²) in [4.78, 5) is 37.3. The molecule has 1 fully saturated rings. The number of nitrogens with zero attached hydrogens (tertiary/aromatic N) is 2. The number of nitro groups is 1. The van der Waals surface area contributed by atoms with Crippen molar-refractivity contribution in [1.82, 2.24) is 9.88 Å². The molecule has 1 saturated carbocycles. The number of carbonyl (C=O) groups is 1. The molecule has 0 radical (unpaired) electrons. The Morgan fingerprint density at radius 1 is 1.58 bits per heavy atom. The Balaban J connectivity index is 2.33. The van der Waals surface area contributed by atoms with E-state index >= 15 is 0 Å². The average Bonchev–Trinajstić information content (AvgIpc) is 3.19. The van der Waals surface area contributed by atoms with Crippen LogP contribution in [0.3, 0.4) is 0 Å². The molecule has 2 N–H and O–H groups in total. The maximum absolute atomic E-state index is 12.2. The lowest BCUT2D eigenvalue weighted by Gasteiger charge is -2.20. The normalized spacial score (nSPS) is 14.2. The van der Waals surface area contributed by atoms with Gasteiger partial charge in [-0.25, -0.2) is 0 Å². The summed E-state index contributed by atoms with van der Waals surface area (Å²) in [6.45, 7) is -0.0965. The predicted octanol–water partition coefficient (Wildman–Crippen LogP) is -0.120. The lowest BCUT2D eigenvalue weighted by atomic mass is 10.2. The summed E-state index contributed by atoms with van der Waals surface area (Å²) in [6.07, 6.45) is 2.59. The Labute approximate surface area is 107 Å². The molecule has 0 aliphatic heterocycles. The Morgan fingerprint density at radius 3 is 2.79 bits per heavy atom. The van der Waals surface area contributed by atoms with Crippen LogP contribution in [0.1, 0.15) is 23.2 Å². The Morgan fingerprint density at radius 2 is 2.26 bits per heavy atom. The molecule has 8 heteroatoms. The fraction of sp³-hybridized carbons (Fsp3) is 0.455. The van der Waals surface area contributed by atoms with Gasteiger partial charge in [0, 0.05) is 18.7 Å². The van der Waals surface area contributed by atoms with Crippen molar-refractivity contribution in [3.05, 3.63) is 38.3 Å². The number of aromatic nitrogens is 1. The van der Waals surface area contributed by atoms with Gasteiger partial charge >= 0.3 is 0 Å². The number of amides is 1. The molecule has 0 bridgehead atoms. The fourth-order valence-electron chi connectivity index (χ4n) is 1.84. The van der Waals surface area contributed by atoms with Gasteiger partial charge in [-0.05, 0) is 12.8 Å². The molecule has 0 spiro atoms. The highest BCUT2D eigenvalue weighted by atomic mass is 16.6. The topological polar surface area (TPSA) is 117 Å². The second-order valence-electron chi connectivity index (χ2n) is 4.31. The molecule has 2 rings (SSSR count). The molecule has 0 aromatic carbocycles. The molecule has 1 amide bonds. The minimum absolute atomic E-state index is 0.0123. The smallest absolute Gasteiger partial charge is 0.286 e. The number of rotatable bonds is 5. The van der Waals surface area contributed by atoms with Crippen LogP contribution in [0.5, 0.6) is 0 Å². The summed E-state index contributed by atoms with van der Waals surface area (Å²) in [5.74, 6) is -0.582. The Hall–Kier alpha value is -2.22. The highest BCUT2D eigenvalue weighted by Gasteiger charge is 2.34. The van der Waals surface area contributed by atoms with E-state index in [2.05, 4.69) is 4.98 Å². The minimum Gasteiger partial charge on any atom is -0.395 e. The summed E-state index contributed by atoms with van der Waals surface area (Å²) in [5, 5.41) is 19.6. The van der Waals surface area contributed by atoms with Crippen molar-refractivity contribution < 1.29 is 14.8 Å². The van der Waals surface area contributed by atoms with E-state index < -0.39 is 16.4 Å². The van der Waals surface area contributed by atoms with Gasteiger partial charge in [0.25, 0.3) is 17.2 Å². The number of aromatic amines is 1. The molecular weight excluding hydrogens is 254 g/mol. The highest BCUT2D eigenvalue weighted by Crippen LogP contribution is 2.27. The largest absolute Gasteiger partial charge is 0.395 e. The summed E-state index contributed by atoms with van der Waals surface area (Å²) < 4.78 is 0. The van der Waals surface area contributed by atoms with Crippen LogP contribution < -0.4 is 5.56 Å². The monoisotopic (exact) mass is 267 g/mol. The van der Waals surface area contributed by atoms with Crippen molar-refractivity contribution in [2.75, 3.05) is 13.2 Å². The van der Waals surface area contributed by atoms with Crippen LogP contribution >= 0.6 is 0 Å². The van der Waals surface area contributed by atoms with Crippen LogP contribution in [-0.2, 0) is 0 Å². The number of H-pyrrole nitrogens is 1. The van der Waals surface area contributed by atoms with E-state index in [4.69, 9.17) is 5.11 Å². The molecule has 1 heterocycles. The molecule has 8 nitrogen and oxygen atoms in total. The molecule has 1 aliphatic rings. The average molecular weight is 267 g/mol. The van der Waals surface area contributed by atoms with Crippen molar-refractivity contribution >= 4 is 11.6 Å². The van der Waals surface area contributed by atoms with Crippen molar-refractivity contribution in [2.24, 2.45) is 0 Å². The number of carbonyl (C=O) groups excluding carboxylic acids is 1. The zero-order valence-electron chi connectivity index (χ0n) is 10.0. The van der Waals surface area contributed by atoms with Gasteiger partial charge in [0.05, 0.1) is 17.7 Å². The highest BCUT2D eigenvalue weighted by molar-refractivity contribution is 5.94. The molecule has 0 atom stereocenters. The first kappa shape index (κ1) is 13.2. The van der Waals surface area contributed by atoms with E-state index in [0.29, 0.717) is 0 Å². The first-order valence-corrected chi connectivity index (χ1v) is 5.83. The van der Waals surface area contributed by atoms with Gasteiger partial charge in [0.1, 0.15) is 5.56 Å². The molecule has 0 unspecified atom stereocenters. The number of nitrogens with one attached hydrogen (secondary N) is 1. The third-order valence-electron chi connectivity index (χ3n) is 2.92. The van der Waals surface area contributed by atoms with Crippen LogP contribution in [0.15, 0.2) is 17.1 Å². The van der Waals surface area contributed by atoms with Gasteiger partial charge < -0.3 is 15.0 Å². The van der Waals surface area contributed by atoms with Crippen molar-refractivity contribution in [3.63, 3.8) is 0 Å². The number of aliphatic hydroxyl groups excluding tert-OH is 1. The van der Waals surface area contributed by atoms with Crippen LogP contribution in [0.25, 0.3) is 0 Å². The zero-order chi connectivity index (χ0) is 14.0. The number of hydrogen-bond donors (Lipinski definition) is 2. The number of pyridine rings is 1. The van der Waals surface area contributed by atoms with E-state index in [-0.39, 0.29) is 30.4 Å². The van der Waals surface area contributed by atoms with Gasteiger partial charge in [-0.15, -0.1) is 0 Å². The molecule has 0 saturated heterocycles. The third kappa shape index (κ3) is 2.79. The Bertz CT molecular complexity index is 564. The van der Waals surface area contributed by atoms with E-state index in [0.717, 1.165) is 25.1 Å². The van der Waals surface area contributed by atoms with Gasteiger partial charge in [-0.1, -0.05) is 0 Å². The van der Waals surface area contributed by atoms with Crippen molar-refractivity contribution in [2.45, 2.75) is 18.9 Å². The second kappa shape index (κ2) is 5.19. The van der Waals surface area contributed by atoms with Crippen molar-refractivity contribution in [3.8, 4) is 0 Å². The van der Waals surface area contributed by atoms with E-state index in [1.165, 1.54) is 4.90 Å². The maximum Gasteiger partial charge on any atom is 0.286 e. The summed E-state index contributed by atoms with van der Waals surface area (Å²) in [6, 6.07) is 0.979. The molecule has 102 valence electrons. The first-order valence-electron chi connectivity index (χ1n) is 5.83. The SMILES string of the molecule is O=C(c1cc([N+](=O)[O-])c[nH]c1=O)N(CCO)C1CC1. The van der Waals surface area contributed by atoms with E-state index in [1.807, 2.05) is 0 Å². The quantitative estimate of drug-likeness (QED) is 0.569. The van der Waals surface area contributed by atoms with Crippen LogP contribution in [0, 0.1) is 10.1 Å². The van der Waals surface area contributed by atoms with Crippen LogP contribution in [0.2, 0.25) is 0 Å². The van der Waals surface area contributed by atoms with Gasteiger partial charge in [-0.3, -0.25) is 19.7 Å². The third-order valence-corrected chi connectivity index (χ3v) is 2.92. The molecule has 1 aliphatic carbocycles. The minimum atomic E-state index is -0.680. The first-order chi connectivity index (χ1) is 9.04. The van der Waals surface area contributed by atoms with E-state index in [1.54, 1.807) is 0 Å². The molecule has 1 aromatic heterocycles. The summed E-state index contributed by atoms with van der Waals surface area (Å²) in [7, 11) is 0. The van der Waals surface area contributed by atoms with Crippen molar-refractivity contribution in [1.29, 1.82) is 0 Å². The van der Waals surface area contributed by atoms with E-state index in [9.17, 15) is 19.7 Å². The van der Waals surface area contributed by atoms with Crippen LogP contribution in [0.4, 0.5) is 5.69 Å². The standard InChI is InChI=1S/C11H13N3O5/c15-4-3-13(7-1-2-7)11(17)9-5-8(14(18)19)6-12-10(9)16/h5-7,15H,1-4H2,(H,12,16). The summed E-state index contributed by atoms with van der Waals surface area (Å²) >= 11 is 0. The fourth-order valence-corrected chi connectivity index (χ4v) is 1.84. The van der Waals surface area contributed by atoms with Gasteiger partial charge in [0.15, 0.2) is 0 Å². The number of hydrogen-bond acceptors (Lipinski definition) is 5. The number of aliphatic hydroxyl groups is 1. The molecule has 19 heavy (non-hydrogen) atoms. The Kier molecular flexibility index (Phi) is 3.61. The second-order valence-corrected chi connectivity index (χ2v) is 4.31. The lowest BCUT2D eigenvalue weighted by molar-refractivity contribution is -0.385. The molecular formula is C11H13N3O5.